The second-order valence-corrected chi connectivity index (χ2v) is 6.17. The number of imidazole rings is 1. The highest BCUT2D eigenvalue weighted by molar-refractivity contribution is 5.14. The zero-order valence-electron chi connectivity index (χ0n) is 12.5. The Morgan fingerprint density at radius 2 is 2.05 bits per heavy atom. The molecule has 2 aliphatic heterocycles. The lowest BCUT2D eigenvalue weighted by atomic mass is 9.97. The summed E-state index contributed by atoms with van der Waals surface area (Å²) in [7, 11) is 2.19. The molecule has 1 aromatic heterocycles. The molecule has 112 valence electrons. The molecule has 1 aromatic rings. The number of likely N-dealkylation sites (N-methyl/N-ethyl adjacent to an activating group) is 1. The van der Waals surface area contributed by atoms with E-state index in [4.69, 9.17) is 0 Å². The average molecular weight is 278 g/mol. The molecular formula is C15H26N4O. The third-order valence-electron chi connectivity index (χ3n) is 4.79. The van der Waals surface area contributed by atoms with E-state index >= 15 is 0 Å². The molecule has 0 spiro atoms. The zero-order valence-corrected chi connectivity index (χ0v) is 12.5. The van der Waals surface area contributed by atoms with E-state index in [-0.39, 0.29) is 6.61 Å². The molecule has 0 amide bonds. The lowest BCUT2D eigenvalue weighted by Crippen LogP contribution is -2.45. The summed E-state index contributed by atoms with van der Waals surface area (Å²) in [4.78, 5) is 9.53. The molecule has 1 fully saturated rings. The highest BCUT2D eigenvalue weighted by atomic mass is 16.3. The summed E-state index contributed by atoms with van der Waals surface area (Å²) in [5.41, 5.74) is 1.24. The van der Waals surface area contributed by atoms with Gasteiger partial charge in [0.05, 0.1) is 6.61 Å². The van der Waals surface area contributed by atoms with E-state index < -0.39 is 0 Å². The summed E-state index contributed by atoms with van der Waals surface area (Å²) < 4.78 is 2.35. The number of hydrogen-bond donors (Lipinski definition) is 1. The van der Waals surface area contributed by atoms with Crippen LogP contribution in [0.3, 0.4) is 0 Å². The van der Waals surface area contributed by atoms with Crippen LogP contribution in [0.4, 0.5) is 0 Å². The van der Waals surface area contributed by atoms with Crippen LogP contribution >= 0.6 is 0 Å². The van der Waals surface area contributed by atoms with Crippen LogP contribution < -0.4 is 0 Å². The largest absolute Gasteiger partial charge is 0.396 e. The number of aliphatic hydroxyl groups excluding tert-OH is 1. The summed E-state index contributed by atoms with van der Waals surface area (Å²) in [6.07, 6.45) is 5.28. The standard InChI is InChI=1S/C15H26N4O/c1-17-7-9-18(10-8-17)6-4-15-16-11-14-13(12-20)3-2-5-19(14)15/h11,13,20H,2-10,12H2,1H3. The quantitative estimate of drug-likeness (QED) is 0.873. The van der Waals surface area contributed by atoms with Crippen LogP contribution in [-0.4, -0.2) is 70.8 Å². The molecule has 1 unspecified atom stereocenters. The highest BCUT2D eigenvalue weighted by Crippen LogP contribution is 2.27. The molecule has 5 nitrogen and oxygen atoms in total. The molecule has 0 saturated carbocycles. The van der Waals surface area contributed by atoms with Gasteiger partial charge in [0.15, 0.2) is 0 Å². The normalized spacial score (nSPS) is 24.8. The topological polar surface area (TPSA) is 44.5 Å². The number of aromatic nitrogens is 2. The second kappa shape index (κ2) is 6.24. The molecule has 0 radical (unpaired) electrons. The number of hydrogen-bond acceptors (Lipinski definition) is 4. The first-order valence-electron chi connectivity index (χ1n) is 7.84. The van der Waals surface area contributed by atoms with Crippen LogP contribution in [0.1, 0.15) is 30.3 Å². The second-order valence-electron chi connectivity index (χ2n) is 6.17. The van der Waals surface area contributed by atoms with E-state index in [1.165, 1.54) is 37.7 Å². The molecule has 0 aliphatic carbocycles. The minimum absolute atomic E-state index is 0.254. The maximum atomic E-state index is 9.45. The lowest BCUT2D eigenvalue weighted by Gasteiger charge is -2.32. The van der Waals surface area contributed by atoms with Gasteiger partial charge in [-0.3, -0.25) is 0 Å². The number of nitrogens with zero attached hydrogens (tertiary/aromatic N) is 4. The monoisotopic (exact) mass is 278 g/mol. The van der Waals surface area contributed by atoms with Crippen LogP contribution in [0.5, 0.6) is 0 Å². The van der Waals surface area contributed by atoms with Gasteiger partial charge in [0.2, 0.25) is 0 Å². The van der Waals surface area contributed by atoms with Crippen LogP contribution in [-0.2, 0) is 13.0 Å². The van der Waals surface area contributed by atoms with Crippen molar-refractivity contribution in [2.75, 3.05) is 46.4 Å². The van der Waals surface area contributed by atoms with E-state index in [1.54, 1.807) is 0 Å². The Hall–Kier alpha value is -0.910. The summed E-state index contributed by atoms with van der Waals surface area (Å²) >= 11 is 0. The van der Waals surface area contributed by atoms with E-state index in [1.807, 2.05) is 6.20 Å². The van der Waals surface area contributed by atoms with Crippen LogP contribution in [0.15, 0.2) is 6.20 Å². The zero-order chi connectivity index (χ0) is 13.9. The smallest absolute Gasteiger partial charge is 0.110 e. The first-order valence-corrected chi connectivity index (χ1v) is 7.84. The van der Waals surface area contributed by atoms with Crippen LogP contribution in [0.2, 0.25) is 0 Å². The van der Waals surface area contributed by atoms with E-state index in [9.17, 15) is 5.11 Å². The van der Waals surface area contributed by atoms with Gasteiger partial charge in [-0.25, -0.2) is 4.98 Å². The summed E-state index contributed by atoms with van der Waals surface area (Å²) in [6.45, 7) is 7.12. The Labute approximate surface area is 121 Å². The molecule has 3 rings (SSSR count). The Kier molecular flexibility index (Phi) is 4.38. The maximum Gasteiger partial charge on any atom is 0.110 e. The van der Waals surface area contributed by atoms with Gasteiger partial charge in [-0.2, -0.15) is 0 Å². The van der Waals surface area contributed by atoms with Crippen molar-refractivity contribution in [2.45, 2.75) is 31.7 Å². The first-order chi connectivity index (χ1) is 9.78. The fraction of sp³-hybridized carbons (Fsp3) is 0.800. The molecule has 1 atom stereocenters. The van der Waals surface area contributed by atoms with Crippen molar-refractivity contribution in [1.29, 1.82) is 0 Å². The van der Waals surface area contributed by atoms with Gasteiger partial charge >= 0.3 is 0 Å². The van der Waals surface area contributed by atoms with Crippen LogP contribution in [0.25, 0.3) is 0 Å². The van der Waals surface area contributed by atoms with E-state index in [0.717, 1.165) is 32.4 Å². The Morgan fingerprint density at radius 3 is 2.80 bits per heavy atom. The predicted octanol–water partition coefficient (Wildman–Crippen LogP) is 0.543. The van der Waals surface area contributed by atoms with Crippen molar-refractivity contribution in [3.8, 4) is 0 Å². The first kappa shape index (κ1) is 14.0. The molecule has 1 saturated heterocycles. The Morgan fingerprint density at radius 1 is 1.25 bits per heavy atom. The van der Waals surface area contributed by atoms with Crippen molar-refractivity contribution in [1.82, 2.24) is 19.4 Å². The molecule has 0 bridgehead atoms. The molecule has 20 heavy (non-hydrogen) atoms. The van der Waals surface area contributed by atoms with Gasteiger partial charge in [-0.1, -0.05) is 0 Å². The van der Waals surface area contributed by atoms with Gasteiger partial charge in [-0.15, -0.1) is 0 Å². The summed E-state index contributed by atoms with van der Waals surface area (Å²) in [6, 6.07) is 0. The van der Waals surface area contributed by atoms with Gasteiger partial charge in [-0.05, 0) is 19.9 Å². The summed E-state index contributed by atoms with van der Waals surface area (Å²) in [5.74, 6) is 1.51. The van der Waals surface area contributed by atoms with Gasteiger partial charge in [0, 0.05) is 63.5 Å². The number of piperazine rings is 1. The number of fused-ring (bicyclic) bond motifs is 1. The van der Waals surface area contributed by atoms with Gasteiger partial charge in [0.25, 0.3) is 0 Å². The van der Waals surface area contributed by atoms with E-state index in [0.29, 0.717) is 5.92 Å². The number of aliphatic hydroxyl groups is 1. The van der Waals surface area contributed by atoms with Crippen molar-refractivity contribution in [3.63, 3.8) is 0 Å². The molecule has 3 heterocycles. The van der Waals surface area contributed by atoms with Crippen molar-refractivity contribution >= 4 is 0 Å². The molecule has 5 heteroatoms. The number of rotatable bonds is 4. The third-order valence-corrected chi connectivity index (χ3v) is 4.79. The third kappa shape index (κ3) is 2.90. The SMILES string of the molecule is CN1CCN(CCc2ncc3n2CCCC3CO)CC1. The fourth-order valence-corrected chi connectivity index (χ4v) is 3.37. The molecule has 0 aromatic carbocycles. The van der Waals surface area contributed by atoms with Crippen molar-refractivity contribution in [3.05, 3.63) is 17.7 Å². The minimum Gasteiger partial charge on any atom is -0.396 e. The van der Waals surface area contributed by atoms with Crippen molar-refractivity contribution in [2.24, 2.45) is 0 Å². The van der Waals surface area contributed by atoms with Crippen LogP contribution in [0, 0.1) is 0 Å². The highest BCUT2D eigenvalue weighted by Gasteiger charge is 2.23. The molecular weight excluding hydrogens is 252 g/mol. The summed E-state index contributed by atoms with van der Waals surface area (Å²) in [5, 5.41) is 9.45. The maximum absolute atomic E-state index is 9.45. The molecule has 2 aliphatic rings. The Bertz CT molecular complexity index is 437. The van der Waals surface area contributed by atoms with E-state index in [2.05, 4.69) is 26.4 Å². The lowest BCUT2D eigenvalue weighted by molar-refractivity contribution is 0.154. The predicted molar refractivity (Wildman–Crippen MR) is 78.9 cm³/mol. The average Bonchev–Trinajstić information content (AvgIpc) is 2.90. The van der Waals surface area contributed by atoms with Gasteiger partial charge < -0.3 is 19.5 Å². The fourth-order valence-electron chi connectivity index (χ4n) is 3.37. The minimum atomic E-state index is 0.254. The Balaban J connectivity index is 1.60. The van der Waals surface area contributed by atoms with Gasteiger partial charge in [0.1, 0.15) is 5.82 Å². The van der Waals surface area contributed by atoms with Crippen molar-refractivity contribution < 1.29 is 5.11 Å². The molecule has 1 N–H and O–H groups in total.